The Bertz CT molecular complexity index is 1240. The monoisotopic (exact) mass is 448 g/mol. The number of pyridine rings is 1. The maximum Gasteiger partial charge on any atom is 0.118 e. The van der Waals surface area contributed by atoms with Gasteiger partial charge in [-0.1, -0.05) is 54.2 Å². The second kappa shape index (κ2) is 7.84. The lowest BCUT2D eigenvalue weighted by atomic mass is 9.98. The van der Waals surface area contributed by atoms with Gasteiger partial charge in [0.05, 0.1) is 40.6 Å². The van der Waals surface area contributed by atoms with Crippen molar-refractivity contribution in [3.8, 4) is 27.4 Å². The molecule has 3 nitrogen and oxygen atoms in total. The molecule has 0 saturated carbocycles. The van der Waals surface area contributed by atoms with E-state index in [0.717, 1.165) is 49.4 Å². The average molecular weight is 449 g/mol. The van der Waals surface area contributed by atoms with Gasteiger partial charge in [-0.05, 0) is 52.9 Å². The van der Waals surface area contributed by atoms with Crippen molar-refractivity contribution in [1.29, 1.82) is 0 Å². The van der Waals surface area contributed by atoms with Gasteiger partial charge in [0.1, 0.15) is 10.7 Å². The van der Waals surface area contributed by atoms with Crippen LogP contribution in [0, 0.1) is 0 Å². The van der Waals surface area contributed by atoms with E-state index in [1.165, 1.54) is 0 Å². The van der Waals surface area contributed by atoms with Crippen LogP contribution in [0.15, 0.2) is 72.1 Å². The lowest BCUT2D eigenvalue weighted by Gasteiger charge is -2.19. The number of nitrogens with zero attached hydrogens (tertiary/aromatic N) is 2. The predicted molar refractivity (Wildman–Crippen MR) is 129 cm³/mol. The van der Waals surface area contributed by atoms with Gasteiger partial charge in [-0.2, -0.15) is 0 Å². The zero-order valence-corrected chi connectivity index (χ0v) is 18.5. The van der Waals surface area contributed by atoms with E-state index in [1.54, 1.807) is 18.4 Å². The molecule has 2 aromatic carbocycles. The summed E-state index contributed by atoms with van der Waals surface area (Å²) in [5.74, 6) is 0.822. The number of benzene rings is 2. The molecule has 0 fully saturated rings. The number of aromatic nitrogens is 1. The highest BCUT2D eigenvalue weighted by Crippen LogP contribution is 2.40. The molecule has 2 aromatic heterocycles. The van der Waals surface area contributed by atoms with Gasteiger partial charge in [0.15, 0.2) is 0 Å². The van der Waals surface area contributed by atoms with Crippen LogP contribution < -0.4 is 9.64 Å². The summed E-state index contributed by atoms with van der Waals surface area (Å²) >= 11 is 14.1. The van der Waals surface area contributed by atoms with Gasteiger partial charge in [0.2, 0.25) is 0 Å². The van der Waals surface area contributed by atoms with E-state index in [4.69, 9.17) is 33.5 Å². The van der Waals surface area contributed by atoms with E-state index in [-0.39, 0.29) is 0 Å². The van der Waals surface area contributed by atoms with E-state index < -0.39 is 0 Å². The van der Waals surface area contributed by atoms with Crippen molar-refractivity contribution in [3.63, 3.8) is 0 Å². The highest BCUT2D eigenvalue weighted by molar-refractivity contribution is 7.81. The number of methoxy groups -OCH3 is 1. The molecule has 3 heterocycles. The Kier molecular flexibility index (Phi) is 5.03. The molecule has 0 atom stereocenters. The van der Waals surface area contributed by atoms with Crippen LogP contribution in [0.5, 0.6) is 5.75 Å². The van der Waals surface area contributed by atoms with Crippen LogP contribution in [-0.4, -0.2) is 17.1 Å². The Balaban J connectivity index is 1.68. The molecule has 0 amide bonds. The SMILES string of the molecule is COc1ccc(-c2cc(-c3cccs3)nc3c2C(=S)N(c2ccccc2Cl)C3)cc1. The molecule has 5 rings (SSSR count). The maximum absolute atomic E-state index is 6.48. The molecule has 30 heavy (non-hydrogen) atoms. The number of thiocarbonyl (C=S) groups is 1. The molecule has 0 aliphatic carbocycles. The third-order valence-corrected chi connectivity index (χ3v) is 6.82. The number of fused-ring (bicyclic) bond motifs is 1. The standard InChI is InChI=1S/C24H17ClN2OS2/c1-28-16-10-8-15(9-11-16)17-13-19(22-7-4-12-30-22)26-20-14-27(24(29)23(17)20)21-6-3-2-5-18(21)25/h2-13H,14H2,1H3. The highest BCUT2D eigenvalue weighted by atomic mass is 35.5. The lowest BCUT2D eigenvalue weighted by Crippen LogP contribution is -2.22. The van der Waals surface area contributed by atoms with Gasteiger partial charge < -0.3 is 9.64 Å². The summed E-state index contributed by atoms with van der Waals surface area (Å²) in [6.07, 6.45) is 0. The summed E-state index contributed by atoms with van der Waals surface area (Å²) < 4.78 is 5.33. The molecule has 0 unspecified atom stereocenters. The van der Waals surface area contributed by atoms with Crippen molar-refractivity contribution in [3.05, 3.63) is 88.4 Å². The van der Waals surface area contributed by atoms with E-state index in [9.17, 15) is 0 Å². The van der Waals surface area contributed by atoms with Crippen LogP contribution in [0.25, 0.3) is 21.7 Å². The maximum atomic E-state index is 6.48. The van der Waals surface area contributed by atoms with E-state index in [2.05, 4.69) is 34.5 Å². The topological polar surface area (TPSA) is 25.4 Å². The smallest absolute Gasteiger partial charge is 0.118 e. The van der Waals surface area contributed by atoms with Crippen molar-refractivity contribution in [2.24, 2.45) is 0 Å². The fraction of sp³-hybridized carbons (Fsp3) is 0.0833. The molecule has 0 N–H and O–H groups in total. The Morgan fingerprint density at radius 1 is 1.07 bits per heavy atom. The number of hydrogen-bond donors (Lipinski definition) is 0. The number of hydrogen-bond acceptors (Lipinski definition) is 4. The molecular formula is C24H17ClN2OS2. The Morgan fingerprint density at radius 2 is 1.87 bits per heavy atom. The first kappa shape index (κ1) is 19.2. The summed E-state index contributed by atoms with van der Waals surface area (Å²) in [6, 6.07) is 22.1. The van der Waals surface area contributed by atoms with Gasteiger partial charge >= 0.3 is 0 Å². The summed E-state index contributed by atoms with van der Waals surface area (Å²) in [4.78, 5) is 8.93. The van der Waals surface area contributed by atoms with E-state index >= 15 is 0 Å². The van der Waals surface area contributed by atoms with Crippen LogP contribution in [-0.2, 0) is 6.54 Å². The molecule has 1 aliphatic rings. The van der Waals surface area contributed by atoms with Gasteiger partial charge in [0.25, 0.3) is 0 Å². The van der Waals surface area contributed by atoms with Gasteiger partial charge in [0, 0.05) is 5.56 Å². The van der Waals surface area contributed by atoms with E-state index in [1.807, 2.05) is 42.5 Å². The normalized spacial score (nSPS) is 12.9. The first-order chi connectivity index (χ1) is 14.7. The molecule has 0 bridgehead atoms. The predicted octanol–water partition coefficient (Wildman–Crippen LogP) is 6.83. The number of anilines is 1. The molecule has 148 valence electrons. The second-order valence-electron chi connectivity index (χ2n) is 6.93. The third-order valence-electron chi connectivity index (χ3n) is 5.18. The van der Waals surface area contributed by atoms with Crippen molar-refractivity contribution in [1.82, 2.24) is 4.98 Å². The fourth-order valence-electron chi connectivity index (χ4n) is 3.72. The molecular weight excluding hydrogens is 432 g/mol. The summed E-state index contributed by atoms with van der Waals surface area (Å²) in [5, 5.41) is 2.75. The molecule has 0 radical (unpaired) electrons. The number of rotatable bonds is 4. The minimum atomic E-state index is 0.597. The van der Waals surface area contributed by atoms with Crippen molar-refractivity contribution in [2.45, 2.75) is 6.54 Å². The average Bonchev–Trinajstić information content (AvgIpc) is 3.42. The highest BCUT2D eigenvalue weighted by Gasteiger charge is 2.31. The molecule has 0 saturated heterocycles. The second-order valence-corrected chi connectivity index (χ2v) is 8.67. The largest absolute Gasteiger partial charge is 0.497 e. The van der Waals surface area contributed by atoms with Crippen molar-refractivity contribution < 1.29 is 4.74 Å². The number of ether oxygens (including phenoxy) is 1. The van der Waals surface area contributed by atoms with E-state index in [0.29, 0.717) is 11.6 Å². The summed E-state index contributed by atoms with van der Waals surface area (Å²) in [5.41, 5.74) is 5.98. The molecule has 0 spiro atoms. The van der Waals surface area contributed by atoms with Crippen LogP contribution in [0.3, 0.4) is 0 Å². The zero-order chi connectivity index (χ0) is 20.7. The number of para-hydroxylation sites is 1. The van der Waals surface area contributed by atoms with Crippen molar-refractivity contribution in [2.75, 3.05) is 12.0 Å². The van der Waals surface area contributed by atoms with Crippen LogP contribution in [0.2, 0.25) is 5.02 Å². The summed E-state index contributed by atoms with van der Waals surface area (Å²) in [7, 11) is 1.67. The molecule has 6 heteroatoms. The fourth-order valence-corrected chi connectivity index (χ4v) is 5.04. The lowest BCUT2D eigenvalue weighted by molar-refractivity contribution is 0.415. The number of thiophene rings is 1. The minimum absolute atomic E-state index is 0.597. The summed E-state index contributed by atoms with van der Waals surface area (Å²) in [6.45, 7) is 0.597. The first-order valence-corrected chi connectivity index (χ1v) is 11.1. The zero-order valence-electron chi connectivity index (χ0n) is 16.1. The van der Waals surface area contributed by atoms with Crippen LogP contribution in [0.1, 0.15) is 11.3 Å². The third kappa shape index (κ3) is 3.29. The molecule has 4 aromatic rings. The van der Waals surface area contributed by atoms with Crippen molar-refractivity contribution >= 4 is 45.8 Å². The Morgan fingerprint density at radius 3 is 2.57 bits per heavy atom. The van der Waals surface area contributed by atoms with Crippen LogP contribution >= 0.6 is 35.2 Å². The minimum Gasteiger partial charge on any atom is -0.497 e. The molecule has 1 aliphatic heterocycles. The first-order valence-electron chi connectivity index (χ1n) is 9.44. The number of halogens is 1. The van der Waals surface area contributed by atoms with Gasteiger partial charge in [-0.15, -0.1) is 11.3 Å². The van der Waals surface area contributed by atoms with Crippen LogP contribution in [0.4, 0.5) is 5.69 Å². The Labute approximate surface area is 189 Å². The Hall–Kier alpha value is -2.73. The quantitative estimate of drug-likeness (QED) is 0.319. The van der Waals surface area contributed by atoms with Gasteiger partial charge in [-0.3, -0.25) is 0 Å². The van der Waals surface area contributed by atoms with Gasteiger partial charge in [-0.25, -0.2) is 4.98 Å².